The van der Waals surface area contributed by atoms with E-state index < -0.39 is 18.5 Å². The van der Waals surface area contributed by atoms with Gasteiger partial charge in [-0.05, 0) is 25.1 Å². The van der Waals surface area contributed by atoms with Crippen molar-refractivity contribution in [1.82, 2.24) is 10.3 Å². The maximum atomic E-state index is 11.4. The zero-order valence-corrected chi connectivity index (χ0v) is 12.5. The minimum Gasteiger partial charge on any atom is -0.480 e. The van der Waals surface area contributed by atoms with Gasteiger partial charge in [0.15, 0.2) is 12.4 Å². The van der Waals surface area contributed by atoms with Gasteiger partial charge in [0.25, 0.3) is 5.91 Å². The fourth-order valence-corrected chi connectivity index (χ4v) is 2.31. The molecule has 0 fully saturated rings. The number of nitrogens with two attached hydrogens (primary N) is 1. The molecule has 0 atom stereocenters. The average molecular weight is 328 g/mol. The summed E-state index contributed by atoms with van der Waals surface area (Å²) in [6, 6.07) is 4.13. The highest BCUT2D eigenvalue weighted by molar-refractivity contribution is 6.39. The van der Waals surface area contributed by atoms with Crippen molar-refractivity contribution < 1.29 is 14.3 Å². The molecule has 2 aromatic rings. The van der Waals surface area contributed by atoms with E-state index in [1.54, 1.807) is 19.1 Å². The Hall–Kier alpha value is -2.05. The number of nitrogens with zero attached hydrogens (tertiary/aromatic N) is 1. The van der Waals surface area contributed by atoms with Crippen LogP contribution in [0.15, 0.2) is 18.2 Å². The van der Waals surface area contributed by atoms with Crippen LogP contribution in [0.1, 0.15) is 5.69 Å². The first-order valence-corrected chi connectivity index (χ1v) is 6.61. The lowest BCUT2D eigenvalue weighted by Gasteiger charge is -2.11. The molecule has 3 amide bonds. The maximum absolute atomic E-state index is 11.4. The number of hydrogen-bond acceptors (Lipinski definition) is 4. The predicted molar refractivity (Wildman–Crippen MR) is 79.7 cm³/mol. The third-order valence-electron chi connectivity index (χ3n) is 2.59. The van der Waals surface area contributed by atoms with E-state index in [-0.39, 0.29) is 10.8 Å². The number of amides is 3. The second-order valence-electron chi connectivity index (χ2n) is 4.22. The van der Waals surface area contributed by atoms with E-state index in [1.165, 1.54) is 6.07 Å². The Kier molecular flexibility index (Phi) is 4.50. The third kappa shape index (κ3) is 3.53. The zero-order valence-electron chi connectivity index (χ0n) is 10.9. The second kappa shape index (κ2) is 6.15. The van der Waals surface area contributed by atoms with Gasteiger partial charge in [0, 0.05) is 11.1 Å². The molecule has 0 bridgehead atoms. The molecule has 1 aromatic heterocycles. The number of primary amides is 1. The standard InChI is InChI=1S/C13H11Cl2N3O3/c1-6-2-3-7-8(14)4-9(15)12(11(7)17-6)21-5-10(19)18-13(16)20/h2-4H,5H2,1H3,(H3,16,18,19,20). The fourth-order valence-electron chi connectivity index (χ4n) is 1.74. The summed E-state index contributed by atoms with van der Waals surface area (Å²) < 4.78 is 5.35. The van der Waals surface area contributed by atoms with Crippen LogP contribution in [-0.2, 0) is 4.79 Å². The van der Waals surface area contributed by atoms with Crippen LogP contribution in [0.4, 0.5) is 4.79 Å². The van der Waals surface area contributed by atoms with Crippen LogP contribution in [0.5, 0.6) is 5.75 Å². The Labute approximate surface area is 130 Å². The van der Waals surface area contributed by atoms with Crippen molar-refractivity contribution >= 4 is 46.0 Å². The molecule has 21 heavy (non-hydrogen) atoms. The van der Waals surface area contributed by atoms with E-state index in [0.29, 0.717) is 15.9 Å². The molecule has 110 valence electrons. The molecule has 1 aromatic carbocycles. The Balaban J connectivity index is 2.36. The summed E-state index contributed by atoms with van der Waals surface area (Å²) >= 11 is 12.2. The number of aryl methyl sites for hydroxylation is 1. The number of nitrogens with one attached hydrogen (secondary N) is 1. The number of halogens is 2. The first-order valence-electron chi connectivity index (χ1n) is 5.86. The highest BCUT2D eigenvalue weighted by Gasteiger charge is 2.15. The summed E-state index contributed by atoms with van der Waals surface area (Å²) in [5.41, 5.74) is 6.03. The zero-order chi connectivity index (χ0) is 15.6. The van der Waals surface area contributed by atoms with E-state index in [9.17, 15) is 9.59 Å². The molecule has 0 aliphatic heterocycles. The Morgan fingerprint density at radius 1 is 1.33 bits per heavy atom. The quantitative estimate of drug-likeness (QED) is 0.905. The Morgan fingerprint density at radius 2 is 2.05 bits per heavy atom. The van der Waals surface area contributed by atoms with Crippen molar-refractivity contribution in [3.05, 3.63) is 33.9 Å². The molecule has 0 saturated heterocycles. The van der Waals surface area contributed by atoms with Crippen LogP contribution in [0.3, 0.4) is 0 Å². The molecule has 0 unspecified atom stereocenters. The SMILES string of the molecule is Cc1ccc2c(Cl)cc(Cl)c(OCC(=O)NC(N)=O)c2n1. The molecule has 0 aliphatic carbocycles. The lowest BCUT2D eigenvalue weighted by Crippen LogP contribution is -2.38. The summed E-state index contributed by atoms with van der Waals surface area (Å²) in [6.45, 7) is 1.38. The minimum atomic E-state index is -0.954. The molecule has 1 heterocycles. The number of aromatic nitrogens is 1. The van der Waals surface area contributed by atoms with E-state index in [4.69, 9.17) is 33.7 Å². The molecule has 8 heteroatoms. The fraction of sp³-hybridized carbons (Fsp3) is 0.154. The molecule has 3 N–H and O–H groups in total. The maximum Gasteiger partial charge on any atom is 0.318 e. The van der Waals surface area contributed by atoms with Crippen LogP contribution in [0, 0.1) is 6.92 Å². The summed E-state index contributed by atoms with van der Waals surface area (Å²) in [4.78, 5) is 26.3. The topological polar surface area (TPSA) is 94.3 Å². The number of rotatable bonds is 3. The second-order valence-corrected chi connectivity index (χ2v) is 5.03. The number of pyridine rings is 1. The number of benzene rings is 1. The highest BCUT2D eigenvalue weighted by atomic mass is 35.5. The van der Waals surface area contributed by atoms with Gasteiger partial charge in [-0.3, -0.25) is 10.1 Å². The lowest BCUT2D eigenvalue weighted by atomic mass is 10.2. The van der Waals surface area contributed by atoms with Gasteiger partial charge in [-0.15, -0.1) is 0 Å². The number of hydrogen-bond donors (Lipinski definition) is 2. The molecule has 0 saturated carbocycles. The molecule has 0 radical (unpaired) electrons. The Morgan fingerprint density at radius 3 is 2.71 bits per heavy atom. The first-order chi connectivity index (χ1) is 9.88. The van der Waals surface area contributed by atoms with Crippen molar-refractivity contribution in [3.63, 3.8) is 0 Å². The lowest BCUT2D eigenvalue weighted by molar-refractivity contribution is -0.121. The molecule has 6 nitrogen and oxygen atoms in total. The summed E-state index contributed by atoms with van der Waals surface area (Å²) in [5, 5.41) is 3.19. The molecular formula is C13H11Cl2N3O3. The number of carbonyl (C=O) groups excluding carboxylic acids is 2. The van der Waals surface area contributed by atoms with Gasteiger partial charge in [0.2, 0.25) is 0 Å². The van der Waals surface area contributed by atoms with E-state index in [2.05, 4.69) is 4.98 Å². The van der Waals surface area contributed by atoms with Gasteiger partial charge in [0.1, 0.15) is 5.52 Å². The van der Waals surface area contributed by atoms with Gasteiger partial charge >= 0.3 is 6.03 Å². The predicted octanol–water partition coefficient (Wildman–Crippen LogP) is 2.42. The van der Waals surface area contributed by atoms with Crippen LogP contribution >= 0.6 is 23.2 Å². The van der Waals surface area contributed by atoms with Crippen LogP contribution < -0.4 is 15.8 Å². The van der Waals surface area contributed by atoms with Gasteiger partial charge in [-0.25, -0.2) is 9.78 Å². The van der Waals surface area contributed by atoms with Gasteiger partial charge in [-0.2, -0.15) is 0 Å². The van der Waals surface area contributed by atoms with Gasteiger partial charge in [0.05, 0.1) is 10.0 Å². The summed E-state index contributed by atoms with van der Waals surface area (Å²) in [5.74, 6) is -0.464. The average Bonchev–Trinajstić information content (AvgIpc) is 2.37. The van der Waals surface area contributed by atoms with Crippen molar-refractivity contribution in [2.75, 3.05) is 6.61 Å². The number of imide groups is 1. The van der Waals surface area contributed by atoms with Crippen molar-refractivity contribution in [3.8, 4) is 5.75 Å². The monoisotopic (exact) mass is 327 g/mol. The van der Waals surface area contributed by atoms with Crippen molar-refractivity contribution in [2.24, 2.45) is 5.73 Å². The molecule has 0 aliphatic rings. The van der Waals surface area contributed by atoms with E-state index >= 15 is 0 Å². The number of fused-ring (bicyclic) bond motifs is 1. The normalized spacial score (nSPS) is 10.4. The Bertz CT molecular complexity index is 734. The third-order valence-corrected chi connectivity index (χ3v) is 3.18. The molecule has 0 spiro atoms. The number of ether oxygens (including phenoxy) is 1. The minimum absolute atomic E-state index is 0.220. The van der Waals surface area contributed by atoms with Gasteiger partial charge < -0.3 is 10.5 Å². The molecular weight excluding hydrogens is 317 g/mol. The summed E-state index contributed by atoms with van der Waals surface area (Å²) in [6.07, 6.45) is 0. The smallest absolute Gasteiger partial charge is 0.318 e. The van der Waals surface area contributed by atoms with Crippen molar-refractivity contribution in [2.45, 2.75) is 6.92 Å². The van der Waals surface area contributed by atoms with E-state index in [0.717, 1.165) is 5.69 Å². The summed E-state index contributed by atoms with van der Waals surface area (Å²) in [7, 11) is 0. The van der Waals surface area contributed by atoms with Gasteiger partial charge in [-0.1, -0.05) is 23.2 Å². The number of carbonyl (C=O) groups is 2. The van der Waals surface area contributed by atoms with E-state index in [1.807, 2.05) is 5.32 Å². The van der Waals surface area contributed by atoms with Crippen LogP contribution in [0.2, 0.25) is 10.0 Å². The van der Waals surface area contributed by atoms with Crippen LogP contribution in [-0.4, -0.2) is 23.5 Å². The largest absolute Gasteiger partial charge is 0.480 e. The first kappa shape index (κ1) is 15.3. The molecule has 2 rings (SSSR count). The number of urea groups is 1. The highest BCUT2D eigenvalue weighted by Crippen LogP contribution is 2.37. The van der Waals surface area contributed by atoms with Crippen LogP contribution in [0.25, 0.3) is 10.9 Å². The van der Waals surface area contributed by atoms with Crippen molar-refractivity contribution in [1.29, 1.82) is 0 Å².